The monoisotopic (exact) mass is 489 g/mol. The van der Waals surface area contributed by atoms with E-state index in [1.165, 1.54) is 7.11 Å². The summed E-state index contributed by atoms with van der Waals surface area (Å²) in [5.41, 5.74) is 3.93. The van der Waals surface area contributed by atoms with Gasteiger partial charge in [0.2, 0.25) is 0 Å². The Kier molecular flexibility index (Phi) is 7.58. The van der Waals surface area contributed by atoms with Crippen molar-refractivity contribution >= 4 is 17.7 Å². The van der Waals surface area contributed by atoms with E-state index >= 15 is 0 Å². The summed E-state index contributed by atoms with van der Waals surface area (Å²) in [6.45, 7) is 6.04. The van der Waals surface area contributed by atoms with Crippen LogP contribution in [0.1, 0.15) is 44.2 Å². The lowest BCUT2D eigenvalue weighted by Crippen LogP contribution is -2.43. The fraction of sp³-hybridized carbons (Fsp3) is 0.345. The predicted octanol–water partition coefficient (Wildman–Crippen LogP) is 4.44. The minimum absolute atomic E-state index is 0.205. The van der Waals surface area contributed by atoms with Crippen molar-refractivity contribution in [1.82, 2.24) is 5.32 Å². The molecule has 2 aromatic carbocycles. The third kappa shape index (κ3) is 4.91. The fourth-order valence-corrected chi connectivity index (χ4v) is 4.99. The van der Waals surface area contributed by atoms with E-state index in [4.69, 9.17) is 14.2 Å². The van der Waals surface area contributed by atoms with Crippen molar-refractivity contribution in [3.63, 3.8) is 0 Å². The summed E-state index contributed by atoms with van der Waals surface area (Å²) in [4.78, 5) is 39.3. The van der Waals surface area contributed by atoms with Gasteiger partial charge in [0.15, 0.2) is 5.78 Å². The predicted molar refractivity (Wildman–Crippen MR) is 134 cm³/mol. The number of nitrogens with one attached hydrogen (secondary N) is 1. The molecule has 36 heavy (non-hydrogen) atoms. The van der Waals surface area contributed by atoms with Crippen LogP contribution in [0, 0.1) is 11.8 Å². The molecule has 0 spiro atoms. The topological polar surface area (TPSA) is 90.9 Å². The smallest absolute Gasteiger partial charge is 0.336 e. The maximum absolute atomic E-state index is 13.7. The molecule has 1 aliphatic heterocycles. The standard InChI is InChI=1S/C29H31NO6/c1-5-35-29(33)24-18(3)30-22-15-17(2)23(28(32)34-4)27(31)26(22)25(24)20-11-13-21(14-12-20)36-16-19-9-7-6-8-10-19/h6-14,17,23,25,30H,5,15-16H2,1-4H3/t17-,23-,25+/m0/s1. The van der Waals surface area contributed by atoms with Gasteiger partial charge in [-0.25, -0.2) is 4.79 Å². The second-order valence-corrected chi connectivity index (χ2v) is 9.10. The fourth-order valence-electron chi connectivity index (χ4n) is 4.99. The van der Waals surface area contributed by atoms with Gasteiger partial charge in [0.25, 0.3) is 0 Å². The third-order valence-electron chi connectivity index (χ3n) is 6.70. The zero-order valence-corrected chi connectivity index (χ0v) is 21.0. The van der Waals surface area contributed by atoms with Crippen LogP contribution in [0.15, 0.2) is 77.1 Å². The first kappa shape index (κ1) is 25.2. The van der Waals surface area contributed by atoms with Gasteiger partial charge in [-0.2, -0.15) is 0 Å². The van der Waals surface area contributed by atoms with Crippen molar-refractivity contribution in [3.8, 4) is 5.75 Å². The molecule has 3 atom stereocenters. The number of methoxy groups -OCH3 is 1. The molecule has 0 unspecified atom stereocenters. The van der Waals surface area contributed by atoms with Crippen molar-refractivity contribution in [2.75, 3.05) is 13.7 Å². The Morgan fingerprint density at radius 3 is 2.39 bits per heavy atom. The molecule has 1 aliphatic carbocycles. The van der Waals surface area contributed by atoms with Gasteiger partial charge < -0.3 is 19.5 Å². The average molecular weight is 490 g/mol. The Balaban J connectivity index is 1.71. The lowest BCUT2D eigenvalue weighted by atomic mass is 9.69. The van der Waals surface area contributed by atoms with E-state index in [0.29, 0.717) is 35.6 Å². The molecule has 0 bridgehead atoms. The van der Waals surface area contributed by atoms with E-state index in [1.807, 2.05) is 68.4 Å². The molecule has 7 nitrogen and oxygen atoms in total. The van der Waals surface area contributed by atoms with Gasteiger partial charge in [-0.1, -0.05) is 49.4 Å². The molecule has 0 saturated heterocycles. The zero-order chi connectivity index (χ0) is 25.8. The summed E-state index contributed by atoms with van der Waals surface area (Å²) in [5.74, 6) is -2.55. The molecule has 2 aromatic rings. The molecule has 0 aromatic heterocycles. The van der Waals surface area contributed by atoms with Crippen LogP contribution in [0.25, 0.3) is 0 Å². The number of ether oxygens (including phenoxy) is 3. The van der Waals surface area contributed by atoms with Crippen LogP contribution in [0.3, 0.4) is 0 Å². The van der Waals surface area contributed by atoms with Crippen LogP contribution in [0.4, 0.5) is 0 Å². The van der Waals surface area contributed by atoms with E-state index in [0.717, 1.165) is 16.8 Å². The molecule has 0 radical (unpaired) electrons. The third-order valence-corrected chi connectivity index (χ3v) is 6.70. The number of Topliss-reactive ketones (excluding diaryl/α,β-unsaturated/α-hetero) is 1. The molecular formula is C29H31NO6. The van der Waals surface area contributed by atoms with E-state index < -0.39 is 23.8 Å². The summed E-state index contributed by atoms with van der Waals surface area (Å²) >= 11 is 0. The highest BCUT2D eigenvalue weighted by molar-refractivity contribution is 6.12. The molecule has 1 N–H and O–H groups in total. The SMILES string of the molecule is CCOC(=O)C1=C(C)NC2=C(C(=O)[C@@H](C(=O)OC)[C@@H](C)C2)[C@@H]1c1ccc(OCc2ccccc2)cc1. The second kappa shape index (κ2) is 10.8. The normalized spacial score (nSPS) is 21.4. The maximum Gasteiger partial charge on any atom is 0.336 e. The Morgan fingerprint density at radius 1 is 1.06 bits per heavy atom. The highest BCUT2D eigenvalue weighted by Crippen LogP contribution is 2.45. The number of hydrogen-bond donors (Lipinski definition) is 1. The number of esters is 2. The van der Waals surface area contributed by atoms with Crippen molar-refractivity contribution < 1.29 is 28.6 Å². The average Bonchev–Trinajstić information content (AvgIpc) is 2.87. The van der Waals surface area contributed by atoms with Crippen molar-refractivity contribution in [1.29, 1.82) is 0 Å². The number of ketones is 1. The van der Waals surface area contributed by atoms with Crippen LogP contribution in [-0.2, 0) is 30.5 Å². The van der Waals surface area contributed by atoms with E-state index in [1.54, 1.807) is 6.92 Å². The highest BCUT2D eigenvalue weighted by Gasteiger charge is 2.47. The number of dihydropyridines is 1. The first-order chi connectivity index (χ1) is 17.3. The zero-order valence-electron chi connectivity index (χ0n) is 21.0. The van der Waals surface area contributed by atoms with Gasteiger partial charge in [-0.05, 0) is 49.4 Å². The minimum atomic E-state index is -0.923. The molecule has 0 amide bonds. The second-order valence-electron chi connectivity index (χ2n) is 9.10. The highest BCUT2D eigenvalue weighted by atomic mass is 16.5. The number of allylic oxidation sites excluding steroid dienone is 3. The van der Waals surface area contributed by atoms with Gasteiger partial charge in [0.05, 0.1) is 19.3 Å². The Morgan fingerprint density at radius 2 is 1.75 bits per heavy atom. The van der Waals surface area contributed by atoms with Crippen LogP contribution in [-0.4, -0.2) is 31.4 Å². The van der Waals surface area contributed by atoms with E-state index in [2.05, 4.69) is 5.32 Å². The summed E-state index contributed by atoms with van der Waals surface area (Å²) in [5, 5.41) is 3.26. The number of carbonyl (C=O) groups is 3. The molecule has 188 valence electrons. The lowest BCUT2D eigenvalue weighted by Gasteiger charge is -2.38. The molecule has 7 heteroatoms. The minimum Gasteiger partial charge on any atom is -0.489 e. The summed E-state index contributed by atoms with van der Waals surface area (Å²) in [6.07, 6.45) is 0.489. The van der Waals surface area contributed by atoms with Gasteiger partial charge >= 0.3 is 11.9 Å². The molecule has 0 saturated carbocycles. The molecule has 1 heterocycles. The van der Waals surface area contributed by atoms with Gasteiger partial charge in [0, 0.05) is 22.9 Å². The largest absolute Gasteiger partial charge is 0.489 e. The van der Waals surface area contributed by atoms with Crippen LogP contribution < -0.4 is 10.1 Å². The maximum atomic E-state index is 13.7. The lowest BCUT2D eigenvalue weighted by molar-refractivity contribution is -0.151. The van der Waals surface area contributed by atoms with E-state index in [-0.39, 0.29) is 18.3 Å². The van der Waals surface area contributed by atoms with Gasteiger partial charge in [-0.3, -0.25) is 9.59 Å². The number of carbonyl (C=O) groups excluding carboxylic acids is 3. The summed E-state index contributed by atoms with van der Waals surface area (Å²) in [6, 6.07) is 17.2. The molecule has 0 fully saturated rings. The summed E-state index contributed by atoms with van der Waals surface area (Å²) in [7, 11) is 1.28. The quantitative estimate of drug-likeness (QED) is 0.454. The Bertz CT molecular complexity index is 1210. The van der Waals surface area contributed by atoms with Gasteiger partial charge in [0.1, 0.15) is 18.3 Å². The van der Waals surface area contributed by atoms with E-state index in [9.17, 15) is 14.4 Å². The van der Waals surface area contributed by atoms with Crippen LogP contribution >= 0.6 is 0 Å². The summed E-state index contributed by atoms with van der Waals surface area (Å²) < 4.78 is 16.2. The first-order valence-corrected chi connectivity index (χ1v) is 12.1. The van der Waals surface area contributed by atoms with Crippen LogP contribution in [0.5, 0.6) is 5.75 Å². The first-order valence-electron chi connectivity index (χ1n) is 12.1. The number of hydrogen-bond acceptors (Lipinski definition) is 7. The molecule has 2 aliphatic rings. The van der Waals surface area contributed by atoms with Crippen LogP contribution in [0.2, 0.25) is 0 Å². The molecule has 4 rings (SSSR count). The Labute approximate surface area is 211 Å². The number of rotatable bonds is 7. The van der Waals surface area contributed by atoms with Crippen molar-refractivity contribution in [2.24, 2.45) is 11.8 Å². The Hall–Kier alpha value is -3.87. The van der Waals surface area contributed by atoms with Crippen molar-refractivity contribution in [2.45, 2.75) is 39.7 Å². The number of benzene rings is 2. The van der Waals surface area contributed by atoms with Crippen molar-refractivity contribution in [3.05, 3.63) is 88.3 Å². The molecular weight excluding hydrogens is 458 g/mol. The van der Waals surface area contributed by atoms with Gasteiger partial charge in [-0.15, -0.1) is 0 Å².